The molecule has 170 valence electrons. The predicted octanol–water partition coefficient (Wildman–Crippen LogP) is 6.76. The lowest BCUT2D eigenvalue weighted by Crippen LogP contribution is -2.43. The highest BCUT2D eigenvalue weighted by molar-refractivity contribution is 5.95. The molecule has 1 saturated carbocycles. The number of aryl methyl sites for hydroxylation is 1. The molecule has 0 saturated heterocycles. The van der Waals surface area contributed by atoms with Crippen LogP contribution in [-0.4, -0.2) is 21.3 Å². The van der Waals surface area contributed by atoms with Crippen LogP contribution in [0.5, 0.6) is 0 Å². The fourth-order valence-electron chi connectivity index (χ4n) is 4.56. The van der Waals surface area contributed by atoms with Crippen molar-refractivity contribution in [1.29, 1.82) is 0 Å². The van der Waals surface area contributed by atoms with E-state index in [9.17, 15) is 4.79 Å². The highest BCUT2D eigenvalue weighted by Crippen LogP contribution is 2.34. The van der Waals surface area contributed by atoms with E-state index >= 15 is 0 Å². The van der Waals surface area contributed by atoms with Crippen LogP contribution in [0.4, 0.5) is 0 Å². The van der Waals surface area contributed by atoms with Crippen LogP contribution < -0.4 is 5.32 Å². The van der Waals surface area contributed by atoms with Crippen molar-refractivity contribution in [2.75, 3.05) is 0 Å². The van der Waals surface area contributed by atoms with Crippen LogP contribution in [-0.2, 0) is 0 Å². The number of benzene rings is 1. The van der Waals surface area contributed by atoms with Crippen molar-refractivity contribution in [2.45, 2.75) is 53.5 Å². The molecule has 1 aromatic carbocycles. The molecular formula is C29H33N3O. The first kappa shape index (κ1) is 22.8. The number of nitrogens with zero attached hydrogens (tertiary/aromatic N) is 2. The molecule has 1 aliphatic rings. The number of amides is 1. The molecule has 4 heteroatoms. The molecule has 33 heavy (non-hydrogen) atoms. The van der Waals surface area contributed by atoms with Gasteiger partial charge in [-0.2, -0.15) is 0 Å². The fraction of sp³-hybridized carbons (Fsp3) is 0.310. The molecule has 2 heterocycles. The number of allylic oxidation sites excluding steroid dienone is 6. The minimum atomic E-state index is -0.0164. The number of aromatic nitrogens is 2. The molecule has 0 bridgehead atoms. The summed E-state index contributed by atoms with van der Waals surface area (Å²) in [6, 6.07) is 12.5. The second-order valence-corrected chi connectivity index (χ2v) is 9.06. The lowest BCUT2D eigenvalue weighted by atomic mass is 9.82. The average molecular weight is 440 g/mol. The molecule has 4 nitrogen and oxygen atoms in total. The molecule has 1 fully saturated rings. The number of imidazole rings is 1. The monoisotopic (exact) mass is 439 g/mol. The maximum absolute atomic E-state index is 12.7. The van der Waals surface area contributed by atoms with E-state index < -0.39 is 0 Å². The Morgan fingerprint density at radius 3 is 2.64 bits per heavy atom. The second-order valence-electron chi connectivity index (χ2n) is 9.06. The first-order valence-corrected chi connectivity index (χ1v) is 11.8. The third-order valence-electron chi connectivity index (χ3n) is 6.62. The quantitative estimate of drug-likeness (QED) is 0.431. The highest BCUT2D eigenvalue weighted by atomic mass is 16.1. The Kier molecular flexibility index (Phi) is 6.64. The number of carbonyl (C=O) groups is 1. The van der Waals surface area contributed by atoms with Crippen LogP contribution in [0.1, 0.15) is 62.2 Å². The van der Waals surface area contributed by atoms with Crippen molar-refractivity contribution in [3.8, 4) is 11.3 Å². The van der Waals surface area contributed by atoms with E-state index in [1.807, 2.05) is 31.3 Å². The van der Waals surface area contributed by atoms with Gasteiger partial charge in [-0.3, -0.25) is 4.79 Å². The topological polar surface area (TPSA) is 46.4 Å². The molecular weight excluding hydrogens is 406 g/mol. The minimum absolute atomic E-state index is 0.0164. The van der Waals surface area contributed by atoms with E-state index in [4.69, 9.17) is 4.98 Å². The van der Waals surface area contributed by atoms with E-state index in [1.54, 1.807) is 0 Å². The van der Waals surface area contributed by atoms with Gasteiger partial charge in [-0.15, -0.1) is 0 Å². The molecule has 0 atom stereocenters. The van der Waals surface area contributed by atoms with Gasteiger partial charge in [0.05, 0.1) is 5.69 Å². The lowest BCUT2D eigenvalue weighted by molar-refractivity contribution is 0.0896. The maximum Gasteiger partial charge on any atom is 0.251 e. The summed E-state index contributed by atoms with van der Waals surface area (Å²) in [4.78, 5) is 17.7. The maximum atomic E-state index is 12.7. The SMILES string of the molecule is CC=C/C=C(\C(C)=C/C)c1ccccc1-c1nc2cc(C(=O)NC3CC(C)C3)ccn2c1C. The van der Waals surface area contributed by atoms with E-state index in [0.717, 1.165) is 41.0 Å². The van der Waals surface area contributed by atoms with Gasteiger partial charge >= 0.3 is 0 Å². The third-order valence-corrected chi connectivity index (χ3v) is 6.62. The molecule has 0 spiro atoms. The summed E-state index contributed by atoms with van der Waals surface area (Å²) in [6.45, 7) is 10.5. The summed E-state index contributed by atoms with van der Waals surface area (Å²) in [5.74, 6) is 0.686. The molecule has 0 radical (unpaired) electrons. The predicted molar refractivity (Wildman–Crippen MR) is 137 cm³/mol. The lowest BCUT2D eigenvalue weighted by Gasteiger charge is -2.33. The largest absolute Gasteiger partial charge is 0.349 e. The normalized spacial score (nSPS) is 19.2. The number of nitrogens with one attached hydrogen (secondary N) is 1. The Morgan fingerprint density at radius 1 is 1.18 bits per heavy atom. The second kappa shape index (κ2) is 9.62. The van der Waals surface area contributed by atoms with Gasteiger partial charge in [0, 0.05) is 29.1 Å². The van der Waals surface area contributed by atoms with Crippen molar-refractivity contribution in [3.63, 3.8) is 0 Å². The van der Waals surface area contributed by atoms with Gasteiger partial charge in [0.25, 0.3) is 5.91 Å². The van der Waals surface area contributed by atoms with Crippen LogP contribution in [0, 0.1) is 12.8 Å². The molecule has 1 aliphatic carbocycles. The first-order chi connectivity index (χ1) is 15.9. The van der Waals surface area contributed by atoms with Crippen LogP contribution >= 0.6 is 0 Å². The number of hydrogen-bond acceptors (Lipinski definition) is 2. The molecule has 4 rings (SSSR count). The van der Waals surface area contributed by atoms with Gasteiger partial charge < -0.3 is 9.72 Å². The number of carbonyl (C=O) groups excluding carboxylic acids is 1. The zero-order valence-electron chi connectivity index (χ0n) is 20.2. The summed E-state index contributed by atoms with van der Waals surface area (Å²) in [7, 11) is 0. The van der Waals surface area contributed by atoms with Gasteiger partial charge in [-0.05, 0) is 75.3 Å². The van der Waals surface area contributed by atoms with Gasteiger partial charge in [-0.25, -0.2) is 4.98 Å². The molecule has 0 aliphatic heterocycles. The van der Waals surface area contributed by atoms with Gasteiger partial charge in [0.1, 0.15) is 5.65 Å². The fourth-order valence-corrected chi connectivity index (χ4v) is 4.56. The van der Waals surface area contributed by atoms with E-state index in [2.05, 4.69) is 79.9 Å². The Balaban J connectivity index is 1.75. The highest BCUT2D eigenvalue weighted by Gasteiger charge is 2.27. The summed E-state index contributed by atoms with van der Waals surface area (Å²) >= 11 is 0. The van der Waals surface area contributed by atoms with Crippen molar-refractivity contribution in [2.24, 2.45) is 5.92 Å². The molecule has 2 aromatic heterocycles. The number of fused-ring (bicyclic) bond motifs is 1. The van der Waals surface area contributed by atoms with Crippen LogP contribution in [0.2, 0.25) is 0 Å². The van der Waals surface area contributed by atoms with Crippen molar-refractivity contribution >= 4 is 17.1 Å². The number of hydrogen-bond donors (Lipinski definition) is 1. The van der Waals surface area contributed by atoms with Crippen molar-refractivity contribution in [3.05, 3.63) is 89.3 Å². The Labute approximate surface area is 196 Å². The first-order valence-electron chi connectivity index (χ1n) is 11.8. The van der Waals surface area contributed by atoms with E-state index in [0.29, 0.717) is 17.5 Å². The van der Waals surface area contributed by atoms with Crippen molar-refractivity contribution < 1.29 is 4.79 Å². The standard InChI is InChI=1S/C29H33N3O/c1-6-8-11-24(20(4)7-2)25-12-9-10-13-26(25)28-21(5)32-15-14-22(18-27(32)31-28)29(33)30-23-16-19(3)17-23/h6-15,18-19,23H,16-17H2,1-5H3,(H,30,33)/b8-6?,20-7-,24-11+. The van der Waals surface area contributed by atoms with Crippen LogP contribution in [0.3, 0.4) is 0 Å². The molecule has 1 N–H and O–H groups in total. The summed E-state index contributed by atoms with van der Waals surface area (Å²) in [6.07, 6.45) is 12.5. The van der Waals surface area contributed by atoms with Crippen molar-refractivity contribution in [1.82, 2.24) is 14.7 Å². The minimum Gasteiger partial charge on any atom is -0.349 e. The average Bonchev–Trinajstić information content (AvgIpc) is 3.14. The zero-order chi connectivity index (χ0) is 23.5. The van der Waals surface area contributed by atoms with Gasteiger partial charge in [0.15, 0.2) is 0 Å². The number of pyridine rings is 1. The molecule has 3 aromatic rings. The summed E-state index contributed by atoms with van der Waals surface area (Å²) < 4.78 is 2.06. The Bertz CT molecular complexity index is 1270. The van der Waals surface area contributed by atoms with E-state index in [-0.39, 0.29) is 5.91 Å². The summed E-state index contributed by atoms with van der Waals surface area (Å²) in [5.41, 5.74) is 8.06. The van der Waals surface area contributed by atoms with Gasteiger partial charge in [-0.1, -0.05) is 55.5 Å². The molecule has 1 amide bonds. The Hall–Kier alpha value is -3.40. The van der Waals surface area contributed by atoms with Gasteiger partial charge in [0.2, 0.25) is 0 Å². The Morgan fingerprint density at radius 2 is 1.94 bits per heavy atom. The molecule has 0 unspecified atom stereocenters. The summed E-state index contributed by atoms with van der Waals surface area (Å²) in [5, 5.41) is 3.15. The number of rotatable bonds is 6. The van der Waals surface area contributed by atoms with Crippen LogP contribution in [0.15, 0.2) is 72.5 Å². The third kappa shape index (κ3) is 4.56. The van der Waals surface area contributed by atoms with Crippen LogP contribution in [0.25, 0.3) is 22.5 Å². The van der Waals surface area contributed by atoms with E-state index in [1.165, 1.54) is 11.1 Å². The smallest absolute Gasteiger partial charge is 0.251 e. The zero-order valence-corrected chi connectivity index (χ0v) is 20.2.